The largest absolute Gasteiger partial charge is 0.399 e. The second-order valence-corrected chi connectivity index (χ2v) is 7.09. The lowest BCUT2D eigenvalue weighted by atomic mass is 9.99. The summed E-state index contributed by atoms with van der Waals surface area (Å²) >= 11 is 12.0. The van der Waals surface area contributed by atoms with Crippen molar-refractivity contribution < 1.29 is 9.59 Å². The van der Waals surface area contributed by atoms with Crippen LogP contribution in [0.4, 0.5) is 11.4 Å². The lowest BCUT2D eigenvalue weighted by molar-refractivity contribution is -0.121. The van der Waals surface area contributed by atoms with Crippen molar-refractivity contribution in [2.75, 3.05) is 17.6 Å². The van der Waals surface area contributed by atoms with E-state index in [4.69, 9.17) is 28.9 Å². The predicted octanol–water partition coefficient (Wildman–Crippen LogP) is 4.21. The number of likely N-dealkylation sites (tertiary alicyclic amines) is 1. The van der Waals surface area contributed by atoms with E-state index in [0.29, 0.717) is 39.9 Å². The number of benzene rings is 2. The molecule has 3 N–H and O–H groups in total. The van der Waals surface area contributed by atoms with E-state index < -0.39 is 6.04 Å². The van der Waals surface area contributed by atoms with E-state index in [1.54, 1.807) is 47.4 Å². The summed E-state index contributed by atoms with van der Waals surface area (Å²) in [6.07, 6.45) is 2.35. The van der Waals surface area contributed by atoms with Crippen molar-refractivity contribution in [3.63, 3.8) is 0 Å². The number of amides is 2. The van der Waals surface area contributed by atoms with Gasteiger partial charge in [0.1, 0.15) is 6.04 Å². The van der Waals surface area contributed by atoms with Crippen LogP contribution in [0.5, 0.6) is 0 Å². The molecule has 0 saturated carbocycles. The van der Waals surface area contributed by atoms with Crippen molar-refractivity contribution in [1.29, 1.82) is 0 Å². The van der Waals surface area contributed by atoms with Crippen LogP contribution in [0.1, 0.15) is 29.6 Å². The first-order valence-electron chi connectivity index (χ1n) is 8.38. The molecule has 7 heteroatoms. The van der Waals surface area contributed by atoms with Crippen molar-refractivity contribution in [2.24, 2.45) is 0 Å². The van der Waals surface area contributed by atoms with Gasteiger partial charge >= 0.3 is 0 Å². The lowest BCUT2D eigenvalue weighted by Crippen LogP contribution is -2.50. The maximum Gasteiger partial charge on any atom is 0.254 e. The van der Waals surface area contributed by atoms with Crippen LogP contribution in [-0.2, 0) is 4.79 Å². The maximum atomic E-state index is 12.9. The number of hydrogen-bond donors (Lipinski definition) is 2. The van der Waals surface area contributed by atoms with Gasteiger partial charge in [-0.3, -0.25) is 9.59 Å². The van der Waals surface area contributed by atoms with E-state index in [9.17, 15) is 9.59 Å². The molecule has 2 amide bonds. The minimum atomic E-state index is -0.551. The summed E-state index contributed by atoms with van der Waals surface area (Å²) in [5, 5.41) is 3.65. The summed E-state index contributed by atoms with van der Waals surface area (Å²) in [7, 11) is 0. The van der Waals surface area contributed by atoms with Gasteiger partial charge in [0, 0.05) is 22.8 Å². The number of piperidine rings is 1. The van der Waals surface area contributed by atoms with Gasteiger partial charge in [0.15, 0.2) is 0 Å². The molecule has 1 heterocycles. The Balaban J connectivity index is 1.79. The average molecular weight is 392 g/mol. The Kier molecular flexibility index (Phi) is 5.69. The fraction of sp³-hybridized carbons (Fsp3) is 0.263. The van der Waals surface area contributed by atoms with Crippen molar-refractivity contribution >= 4 is 46.4 Å². The van der Waals surface area contributed by atoms with E-state index in [0.717, 1.165) is 12.8 Å². The summed E-state index contributed by atoms with van der Waals surface area (Å²) in [5.74, 6) is -0.453. The molecule has 1 saturated heterocycles. The zero-order valence-corrected chi connectivity index (χ0v) is 15.6. The molecule has 2 aromatic rings. The van der Waals surface area contributed by atoms with Crippen LogP contribution in [0.3, 0.4) is 0 Å². The van der Waals surface area contributed by atoms with Crippen LogP contribution in [0.15, 0.2) is 42.5 Å². The van der Waals surface area contributed by atoms with Gasteiger partial charge in [-0.25, -0.2) is 0 Å². The number of halogens is 2. The van der Waals surface area contributed by atoms with Gasteiger partial charge in [-0.2, -0.15) is 0 Å². The Labute approximate surface area is 162 Å². The molecule has 0 radical (unpaired) electrons. The normalized spacial score (nSPS) is 17.0. The van der Waals surface area contributed by atoms with E-state index in [-0.39, 0.29) is 11.8 Å². The summed E-state index contributed by atoms with van der Waals surface area (Å²) in [5.41, 5.74) is 7.25. The second-order valence-electron chi connectivity index (χ2n) is 6.25. The third-order valence-corrected chi connectivity index (χ3v) is 4.94. The number of hydrogen-bond acceptors (Lipinski definition) is 3. The molecule has 136 valence electrons. The van der Waals surface area contributed by atoms with E-state index >= 15 is 0 Å². The smallest absolute Gasteiger partial charge is 0.254 e. The molecule has 0 spiro atoms. The van der Waals surface area contributed by atoms with Crippen LogP contribution in [0.2, 0.25) is 10.0 Å². The van der Waals surface area contributed by atoms with Crippen LogP contribution in [0, 0.1) is 0 Å². The Morgan fingerprint density at radius 1 is 1.12 bits per heavy atom. The van der Waals surface area contributed by atoms with Crippen molar-refractivity contribution in [1.82, 2.24) is 4.90 Å². The molecule has 5 nitrogen and oxygen atoms in total. The molecule has 0 aromatic heterocycles. The van der Waals surface area contributed by atoms with Gasteiger partial charge in [-0.1, -0.05) is 29.3 Å². The monoisotopic (exact) mass is 391 g/mol. The molecular formula is C19H19Cl2N3O2. The molecule has 1 fully saturated rings. The van der Waals surface area contributed by atoms with Crippen LogP contribution in [-0.4, -0.2) is 29.3 Å². The topological polar surface area (TPSA) is 75.4 Å². The molecule has 0 aliphatic carbocycles. The number of nitrogen functional groups attached to an aromatic ring is 1. The fourth-order valence-corrected chi connectivity index (χ4v) is 3.55. The van der Waals surface area contributed by atoms with Crippen molar-refractivity contribution in [3.05, 3.63) is 58.1 Å². The molecular weight excluding hydrogens is 373 g/mol. The Morgan fingerprint density at radius 2 is 1.92 bits per heavy atom. The van der Waals surface area contributed by atoms with Gasteiger partial charge in [0.2, 0.25) is 5.91 Å². The highest BCUT2D eigenvalue weighted by Gasteiger charge is 2.33. The molecule has 1 unspecified atom stereocenters. The minimum Gasteiger partial charge on any atom is -0.399 e. The number of carbonyl (C=O) groups excluding carboxylic acids is 2. The van der Waals surface area contributed by atoms with E-state index in [2.05, 4.69) is 5.32 Å². The zero-order chi connectivity index (χ0) is 18.7. The molecule has 1 aliphatic heterocycles. The van der Waals surface area contributed by atoms with Crippen LogP contribution >= 0.6 is 23.2 Å². The quantitative estimate of drug-likeness (QED) is 0.769. The first kappa shape index (κ1) is 18.5. The van der Waals surface area contributed by atoms with Crippen molar-refractivity contribution in [3.8, 4) is 0 Å². The summed E-state index contributed by atoms with van der Waals surface area (Å²) in [6, 6.07) is 11.1. The number of nitrogens with one attached hydrogen (secondary N) is 1. The zero-order valence-electron chi connectivity index (χ0n) is 14.0. The molecule has 2 aromatic carbocycles. The maximum absolute atomic E-state index is 12.9. The highest BCUT2D eigenvalue weighted by atomic mass is 35.5. The standard InChI is InChI=1S/C19H19Cl2N3O2/c20-13-7-8-16(15(21)11-13)23-18(25)17-6-1-2-9-24(17)19(26)12-4-3-5-14(22)10-12/h3-5,7-8,10-11,17H,1-2,6,9,22H2,(H,23,25). The van der Waals surface area contributed by atoms with Gasteiger partial charge in [-0.05, 0) is 55.7 Å². The highest BCUT2D eigenvalue weighted by molar-refractivity contribution is 6.36. The van der Waals surface area contributed by atoms with Gasteiger partial charge in [0.05, 0.1) is 10.7 Å². The van der Waals surface area contributed by atoms with Gasteiger partial charge < -0.3 is 16.0 Å². The molecule has 0 bridgehead atoms. The van der Waals surface area contributed by atoms with Gasteiger partial charge in [-0.15, -0.1) is 0 Å². The number of nitrogens with two attached hydrogens (primary N) is 1. The third kappa shape index (κ3) is 4.11. The van der Waals surface area contributed by atoms with E-state index in [1.165, 1.54) is 0 Å². The number of nitrogens with zero attached hydrogens (tertiary/aromatic N) is 1. The Morgan fingerprint density at radius 3 is 2.65 bits per heavy atom. The van der Waals surface area contributed by atoms with Crippen LogP contribution < -0.4 is 11.1 Å². The average Bonchev–Trinajstić information content (AvgIpc) is 2.63. The fourth-order valence-electron chi connectivity index (χ4n) is 3.09. The second kappa shape index (κ2) is 7.98. The third-order valence-electron chi connectivity index (χ3n) is 4.39. The minimum absolute atomic E-state index is 0.195. The lowest BCUT2D eigenvalue weighted by Gasteiger charge is -2.35. The molecule has 26 heavy (non-hydrogen) atoms. The Hall–Kier alpha value is -2.24. The number of rotatable bonds is 3. The number of anilines is 2. The summed E-state index contributed by atoms with van der Waals surface area (Å²) < 4.78 is 0. The molecule has 1 aliphatic rings. The predicted molar refractivity (Wildman–Crippen MR) is 105 cm³/mol. The number of carbonyl (C=O) groups is 2. The molecule has 3 rings (SSSR count). The van der Waals surface area contributed by atoms with Gasteiger partial charge in [0.25, 0.3) is 5.91 Å². The summed E-state index contributed by atoms with van der Waals surface area (Å²) in [6.45, 7) is 0.528. The SMILES string of the molecule is Nc1cccc(C(=O)N2CCCCC2C(=O)Nc2ccc(Cl)cc2Cl)c1. The highest BCUT2D eigenvalue weighted by Crippen LogP contribution is 2.27. The van der Waals surface area contributed by atoms with E-state index in [1.807, 2.05) is 0 Å². The first-order chi connectivity index (χ1) is 12.5. The molecule has 1 atom stereocenters. The van der Waals surface area contributed by atoms with Crippen LogP contribution in [0.25, 0.3) is 0 Å². The van der Waals surface area contributed by atoms with Crippen molar-refractivity contribution in [2.45, 2.75) is 25.3 Å². The Bertz CT molecular complexity index is 841. The first-order valence-corrected chi connectivity index (χ1v) is 9.14. The summed E-state index contributed by atoms with van der Waals surface area (Å²) in [4.78, 5) is 27.3.